The maximum Gasteiger partial charge on any atom is 0.338 e. The topological polar surface area (TPSA) is 94.3 Å². The van der Waals surface area contributed by atoms with Gasteiger partial charge in [0.2, 0.25) is 12.3 Å². The van der Waals surface area contributed by atoms with E-state index in [1.807, 2.05) is 20.8 Å². The second-order valence-electron chi connectivity index (χ2n) is 6.11. The molecular formula is C16H19N3O4. The Bertz CT molecular complexity index is 672. The predicted octanol–water partition coefficient (Wildman–Crippen LogP) is 2.20. The van der Waals surface area contributed by atoms with Crippen molar-refractivity contribution in [3.05, 3.63) is 36.2 Å². The lowest BCUT2D eigenvalue weighted by Crippen LogP contribution is -2.46. The van der Waals surface area contributed by atoms with Gasteiger partial charge >= 0.3 is 5.97 Å². The summed E-state index contributed by atoms with van der Waals surface area (Å²) in [7, 11) is 0. The molecule has 122 valence electrons. The minimum atomic E-state index is -0.877. The number of hydrogen-bond acceptors (Lipinski definition) is 6. The van der Waals surface area contributed by atoms with E-state index in [0.29, 0.717) is 17.0 Å². The molecule has 7 nitrogen and oxygen atoms in total. The lowest BCUT2D eigenvalue weighted by molar-refractivity contribution is -0.130. The highest BCUT2D eigenvalue weighted by Crippen LogP contribution is 2.17. The Morgan fingerprint density at radius 3 is 2.39 bits per heavy atom. The normalized spacial score (nSPS) is 12.5. The molecule has 0 unspecified atom stereocenters. The van der Waals surface area contributed by atoms with Crippen LogP contribution in [0.25, 0.3) is 11.5 Å². The Kier molecular flexibility index (Phi) is 4.78. The number of benzene rings is 1. The number of carbonyl (C=O) groups excluding carboxylic acids is 2. The van der Waals surface area contributed by atoms with Crippen LogP contribution in [0.3, 0.4) is 0 Å². The molecular weight excluding hydrogens is 298 g/mol. The van der Waals surface area contributed by atoms with E-state index in [1.54, 1.807) is 24.3 Å². The highest BCUT2D eigenvalue weighted by Gasteiger charge is 2.22. The first-order valence-corrected chi connectivity index (χ1v) is 7.16. The molecule has 0 saturated carbocycles. The molecule has 2 aromatic rings. The second-order valence-corrected chi connectivity index (χ2v) is 6.11. The smallest absolute Gasteiger partial charge is 0.338 e. The molecule has 0 saturated heterocycles. The van der Waals surface area contributed by atoms with Crippen molar-refractivity contribution in [1.29, 1.82) is 0 Å². The fourth-order valence-electron chi connectivity index (χ4n) is 1.80. The van der Waals surface area contributed by atoms with E-state index in [1.165, 1.54) is 13.3 Å². The van der Waals surface area contributed by atoms with Crippen molar-refractivity contribution in [2.24, 2.45) is 0 Å². The first-order chi connectivity index (χ1) is 10.8. The molecule has 0 aliphatic heterocycles. The molecule has 7 heteroatoms. The molecule has 0 bridgehead atoms. The van der Waals surface area contributed by atoms with Gasteiger partial charge in [-0.2, -0.15) is 0 Å². The third-order valence-corrected chi connectivity index (χ3v) is 2.88. The number of amides is 1. The average Bonchev–Trinajstić information content (AvgIpc) is 2.99. The lowest BCUT2D eigenvalue weighted by atomic mass is 10.1. The summed E-state index contributed by atoms with van der Waals surface area (Å²) in [4.78, 5) is 24.0. The van der Waals surface area contributed by atoms with Gasteiger partial charge in [-0.25, -0.2) is 4.79 Å². The summed E-state index contributed by atoms with van der Waals surface area (Å²) < 4.78 is 10.2. The van der Waals surface area contributed by atoms with Crippen LogP contribution in [0.4, 0.5) is 0 Å². The number of hydrogen-bond donors (Lipinski definition) is 1. The van der Waals surface area contributed by atoms with Crippen molar-refractivity contribution in [1.82, 2.24) is 15.5 Å². The van der Waals surface area contributed by atoms with Gasteiger partial charge in [0.05, 0.1) is 5.56 Å². The summed E-state index contributed by atoms with van der Waals surface area (Å²) >= 11 is 0. The van der Waals surface area contributed by atoms with Gasteiger partial charge < -0.3 is 14.5 Å². The summed E-state index contributed by atoms with van der Waals surface area (Å²) in [6.07, 6.45) is 0.352. The van der Waals surface area contributed by atoms with E-state index in [-0.39, 0.29) is 11.4 Å². The number of ether oxygens (including phenoxy) is 1. The number of esters is 1. The molecule has 1 N–H and O–H groups in total. The molecule has 23 heavy (non-hydrogen) atoms. The molecule has 1 amide bonds. The van der Waals surface area contributed by atoms with Crippen molar-refractivity contribution in [3.8, 4) is 11.5 Å². The Labute approximate surface area is 134 Å². The number of nitrogens with zero attached hydrogens (tertiary/aromatic N) is 2. The summed E-state index contributed by atoms with van der Waals surface area (Å²) in [6, 6.07) is 6.50. The number of nitrogens with one attached hydrogen (secondary N) is 1. The zero-order valence-corrected chi connectivity index (χ0v) is 13.5. The van der Waals surface area contributed by atoms with E-state index in [2.05, 4.69) is 15.5 Å². The number of carbonyl (C=O) groups is 2. The molecule has 0 aliphatic carbocycles. The van der Waals surface area contributed by atoms with Crippen LogP contribution < -0.4 is 5.32 Å². The summed E-state index contributed by atoms with van der Waals surface area (Å²) in [5.74, 6) is -0.546. The second kappa shape index (κ2) is 6.60. The quantitative estimate of drug-likeness (QED) is 0.869. The monoisotopic (exact) mass is 317 g/mol. The van der Waals surface area contributed by atoms with Crippen molar-refractivity contribution in [2.45, 2.75) is 39.3 Å². The molecule has 2 rings (SSSR count). The van der Waals surface area contributed by atoms with Crippen LogP contribution >= 0.6 is 0 Å². The van der Waals surface area contributed by atoms with Crippen LogP contribution in [-0.2, 0) is 9.53 Å². The van der Waals surface area contributed by atoms with Crippen LogP contribution in [0.5, 0.6) is 0 Å². The SMILES string of the molecule is C[C@@H](OC(=O)c1ccc(-c2nnco2)cc1)C(=O)NC(C)(C)C. The van der Waals surface area contributed by atoms with Gasteiger partial charge in [0, 0.05) is 11.1 Å². The summed E-state index contributed by atoms with van der Waals surface area (Å²) in [5.41, 5.74) is 0.643. The first-order valence-electron chi connectivity index (χ1n) is 7.16. The minimum absolute atomic E-state index is 0.337. The highest BCUT2D eigenvalue weighted by atomic mass is 16.5. The molecule has 1 heterocycles. The van der Waals surface area contributed by atoms with Gasteiger partial charge in [-0.3, -0.25) is 4.79 Å². The predicted molar refractivity (Wildman–Crippen MR) is 82.5 cm³/mol. The zero-order valence-electron chi connectivity index (χ0n) is 13.5. The number of rotatable bonds is 4. The number of aromatic nitrogens is 2. The van der Waals surface area contributed by atoms with Crippen molar-refractivity contribution >= 4 is 11.9 Å². The first kappa shape index (κ1) is 16.7. The van der Waals surface area contributed by atoms with Gasteiger partial charge in [0.15, 0.2) is 6.10 Å². The molecule has 0 aliphatic rings. The van der Waals surface area contributed by atoms with E-state index in [0.717, 1.165) is 0 Å². The lowest BCUT2D eigenvalue weighted by Gasteiger charge is -2.23. The van der Waals surface area contributed by atoms with Gasteiger partial charge in [0.25, 0.3) is 5.91 Å². The molecule has 1 atom stereocenters. The Hall–Kier alpha value is -2.70. The largest absolute Gasteiger partial charge is 0.449 e. The fraction of sp³-hybridized carbons (Fsp3) is 0.375. The van der Waals surface area contributed by atoms with Crippen LogP contribution in [0.15, 0.2) is 35.1 Å². The van der Waals surface area contributed by atoms with E-state index >= 15 is 0 Å². The molecule has 1 aromatic carbocycles. The Morgan fingerprint density at radius 1 is 1.22 bits per heavy atom. The van der Waals surface area contributed by atoms with E-state index in [4.69, 9.17) is 9.15 Å². The fourth-order valence-corrected chi connectivity index (χ4v) is 1.80. The van der Waals surface area contributed by atoms with Gasteiger partial charge in [-0.1, -0.05) is 0 Å². The van der Waals surface area contributed by atoms with Gasteiger partial charge in [-0.05, 0) is 52.0 Å². The van der Waals surface area contributed by atoms with Crippen LogP contribution in [0, 0.1) is 0 Å². The molecule has 0 fully saturated rings. The van der Waals surface area contributed by atoms with E-state index < -0.39 is 12.1 Å². The highest BCUT2D eigenvalue weighted by molar-refractivity contribution is 5.92. The van der Waals surface area contributed by atoms with Crippen molar-refractivity contribution in [2.75, 3.05) is 0 Å². The van der Waals surface area contributed by atoms with Crippen LogP contribution in [0.1, 0.15) is 38.1 Å². The zero-order chi connectivity index (χ0) is 17.0. The van der Waals surface area contributed by atoms with Gasteiger partial charge in [0.1, 0.15) is 0 Å². The maximum atomic E-state index is 12.1. The van der Waals surface area contributed by atoms with Crippen molar-refractivity contribution in [3.63, 3.8) is 0 Å². The molecule has 0 radical (unpaired) electrons. The minimum Gasteiger partial charge on any atom is -0.449 e. The van der Waals surface area contributed by atoms with E-state index in [9.17, 15) is 9.59 Å². The Balaban J connectivity index is 1.99. The Morgan fingerprint density at radius 2 is 1.87 bits per heavy atom. The standard InChI is InChI=1S/C16H19N3O4/c1-10(13(20)18-16(2,3)4)23-15(21)12-7-5-11(6-8-12)14-19-17-9-22-14/h5-10H,1-4H3,(H,18,20)/t10-/m1/s1. The van der Waals surface area contributed by atoms with Crippen LogP contribution in [-0.4, -0.2) is 33.7 Å². The summed E-state index contributed by atoms with van der Waals surface area (Å²) in [6.45, 7) is 7.10. The van der Waals surface area contributed by atoms with Gasteiger partial charge in [-0.15, -0.1) is 10.2 Å². The summed E-state index contributed by atoms with van der Waals surface area (Å²) in [5, 5.41) is 10.1. The molecule has 0 spiro atoms. The third-order valence-electron chi connectivity index (χ3n) is 2.88. The van der Waals surface area contributed by atoms with Crippen LogP contribution in [0.2, 0.25) is 0 Å². The average molecular weight is 317 g/mol. The maximum absolute atomic E-state index is 12.1. The third kappa shape index (κ3) is 4.64. The van der Waals surface area contributed by atoms with Crippen molar-refractivity contribution < 1.29 is 18.7 Å². The molecule has 1 aromatic heterocycles.